The maximum Gasteiger partial charge on any atom is 0.308 e. The van der Waals surface area contributed by atoms with Gasteiger partial charge < -0.3 is 10.4 Å². The summed E-state index contributed by atoms with van der Waals surface area (Å²) >= 11 is 0. The largest absolute Gasteiger partial charge is 0.481 e. The van der Waals surface area contributed by atoms with E-state index in [-0.39, 0.29) is 5.92 Å². The maximum absolute atomic E-state index is 10.7. The van der Waals surface area contributed by atoms with Crippen molar-refractivity contribution in [3.8, 4) is 0 Å². The lowest BCUT2D eigenvalue weighted by Gasteiger charge is -2.23. The SMILES string of the molecule is CC12CNCC(C(=O)O)C1C2. The molecule has 3 nitrogen and oxygen atoms in total. The summed E-state index contributed by atoms with van der Waals surface area (Å²) in [5.74, 6) is -0.319. The number of nitrogens with one attached hydrogen (secondary N) is 1. The molecule has 62 valence electrons. The molecule has 2 N–H and O–H groups in total. The molecule has 0 amide bonds. The van der Waals surface area contributed by atoms with Gasteiger partial charge in [-0.3, -0.25) is 4.79 Å². The topological polar surface area (TPSA) is 49.3 Å². The monoisotopic (exact) mass is 155 g/mol. The van der Waals surface area contributed by atoms with E-state index in [0.29, 0.717) is 17.9 Å². The predicted octanol–water partition coefficient (Wildman–Crippen LogP) is 0.317. The minimum Gasteiger partial charge on any atom is -0.481 e. The molecule has 3 atom stereocenters. The molecule has 3 unspecified atom stereocenters. The first-order valence-corrected chi connectivity index (χ1v) is 4.07. The Labute approximate surface area is 65.8 Å². The first kappa shape index (κ1) is 7.10. The molecule has 3 heteroatoms. The van der Waals surface area contributed by atoms with Gasteiger partial charge in [-0.2, -0.15) is 0 Å². The lowest BCUT2D eigenvalue weighted by molar-refractivity contribution is -0.143. The van der Waals surface area contributed by atoms with Crippen LogP contribution in [-0.2, 0) is 4.79 Å². The normalized spacial score (nSPS) is 48.1. The van der Waals surface area contributed by atoms with Gasteiger partial charge in [-0.15, -0.1) is 0 Å². The first-order chi connectivity index (χ1) is 5.13. The summed E-state index contributed by atoms with van der Waals surface area (Å²) in [7, 11) is 0. The minimum absolute atomic E-state index is 0.131. The number of rotatable bonds is 1. The second-order valence-electron chi connectivity index (χ2n) is 4.04. The van der Waals surface area contributed by atoms with Crippen LogP contribution < -0.4 is 5.32 Å². The van der Waals surface area contributed by atoms with Crippen molar-refractivity contribution < 1.29 is 9.90 Å². The van der Waals surface area contributed by atoms with Crippen molar-refractivity contribution in [1.82, 2.24) is 5.32 Å². The summed E-state index contributed by atoms with van der Waals surface area (Å²) in [5, 5.41) is 12.0. The van der Waals surface area contributed by atoms with Crippen LogP contribution in [0.4, 0.5) is 0 Å². The average Bonchev–Trinajstić information content (AvgIpc) is 2.58. The van der Waals surface area contributed by atoms with Gasteiger partial charge in [0.1, 0.15) is 0 Å². The lowest BCUT2D eigenvalue weighted by atomic mass is 9.92. The summed E-state index contributed by atoms with van der Waals surface area (Å²) in [6.45, 7) is 3.83. The van der Waals surface area contributed by atoms with E-state index in [1.165, 1.54) is 0 Å². The van der Waals surface area contributed by atoms with E-state index in [1.54, 1.807) is 0 Å². The Morgan fingerprint density at radius 3 is 3.00 bits per heavy atom. The molecule has 0 aromatic rings. The Hall–Kier alpha value is -0.570. The van der Waals surface area contributed by atoms with E-state index >= 15 is 0 Å². The van der Waals surface area contributed by atoms with E-state index < -0.39 is 5.97 Å². The third-order valence-electron chi connectivity index (χ3n) is 3.12. The second kappa shape index (κ2) is 1.97. The fourth-order valence-electron chi connectivity index (χ4n) is 2.19. The van der Waals surface area contributed by atoms with Crippen LogP contribution in [0.25, 0.3) is 0 Å². The predicted molar refractivity (Wildman–Crippen MR) is 40.2 cm³/mol. The van der Waals surface area contributed by atoms with Gasteiger partial charge in [0.2, 0.25) is 0 Å². The Morgan fingerprint density at radius 2 is 2.45 bits per heavy atom. The zero-order valence-corrected chi connectivity index (χ0v) is 6.63. The molecule has 1 saturated heterocycles. The van der Waals surface area contributed by atoms with Crippen molar-refractivity contribution in [1.29, 1.82) is 0 Å². The van der Waals surface area contributed by atoms with Crippen molar-refractivity contribution in [2.45, 2.75) is 13.3 Å². The molecule has 0 bridgehead atoms. The van der Waals surface area contributed by atoms with E-state index in [0.717, 1.165) is 13.0 Å². The molecule has 1 aliphatic carbocycles. The highest BCUT2D eigenvalue weighted by molar-refractivity contribution is 5.71. The summed E-state index contributed by atoms with van der Waals surface area (Å²) in [6, 6.07) is 0. The van der Waals surface area contributed by atoms with Crippen LogP contribution >= 0.6 is 0 Å². The van der Waals surface area contributed by atoms with Gasteiger partial charge in [0.15, 0.2) is 0 Å². The van der Waals surface area contributed by atoms with Gasteiger partial charge >= 0.3 is 5.97 Å². The molecule has 0 aromatic carbocycles. The Balaban J connectivity index is 2.09. The van der Waals surface area contributed by atoms with Crippen molar-refractivity contribution >= 4 is 5.97 Å². The minimum atomic E-state index is -0.633. The van der Waals surface area contributed by atoms with Crippen LogP contribution in [0.3, 0.4) is 0 Å². The maximum atomic E-state index is 10.7. The fraction of sp³-hybridized carbons (Fsp3) is 0.875. The third-order valence-corrected chi connectivity index (χ3v) is 3.12. The first-order valence-electron chi connectivity index (χ1n) is 4.07. The van der Waals surface area contributed by atoms with Gasteiger partial charge in [-0.1, -0.05) is 6.92 Å². The summed E-state index contributed by atoms with van der Waals surface area (Å²) in [6.07, 6.45) is 1.09. The van der Waals surface area contributed by atoms with Crippen LogP contribution in [-0.4, -0.2) is 24.2 Å². The molecule has 0 aromatic heterocycles. The molecule has 2 aliphatic rings. The molecule has 0 radical (unpaired) electrons. The quantitative estimate of drug-likeness (QED) is 0.573. The molecule has 2 rings (SSSR count). The molecular weight excluding hydrogens is 142 g/mol. The molecule has 11 heavy (non-hydrogen) atoms. The Bertz CT molecular complexity index is 204. The van der Waals surface area contributed by atoms with Crippen molar-refractivity contribution in [3.05, 3.63) is 0 Å². The van der Waals surface area contributed by atoms with Crippen molar-refractivity contribution in [2.75, 3.05) is 13.1 Å². The number of carboxylic acid groups (broad SMARTS) is 1. The summed E-state index contributed by atoms with van der Waals surface area (Å²) < 4.78 is 0. The van der Waals surface area contributed by atoms with Crippen LogP contribution in [0.5, 0.6) is 0 Å². The molecule has 1 heterocycles. The highest BCUT2D eigenvalue weighted by atomic mass is 16.4. The summed E-state index contributed by atoms with van der Waals surface area (Å²) in [4.78, 5) is 10.7. The second-order valence-corrected chi connectivity index (χ2v) is 4.04. The highest BCUT2D eigenvalue weighted by Gasteiger charge is 2.57. The summed E-state index contributed by atoms with van der Waals surface area (Å²) in [5.41, 5.74) is 0.307. The van der Waals surface area contributed by atoms with Crippen LogP contribution in [0.1, 0.15) is 13.3 Å². The number of hydrogen-bond acceptors (Lipinski definition) is 2. The van der Waals surface area contributed by atoms with Gasteiger partial charge in [0, 0.05) is 13.1 Å². The number of carbonyl (C=O) groups is 1. The smallest absolute Gasteiger partial charge is 0.308 e. The third kappa shape index (κ3) is 0.948. The molecule has 1 saturated carbocycles. The Morgan fingerprint density at radius 1 is 1.73 bits per heavy atom. The van der Waals surface area contributed by atoms with Gasteiger partial charge in [-0.05, 0) is 17.8 Å². The van der Waals surface area contributed by atoms with Crippen molar-refractivity contribution in [3.63, 3.8) is 0 Å². The highest BCUT2D eigenvalue weighted by Crippen LogP contribution is 2.57. The van der Waals surface area contributed by atoms with Crippen molar-refractivity contribution in [2.24, 2.45) is 17.3 Å². The van der Waals surface area contributed by atoms with Gasteiger partial charge in [0.25, 0.3) is 0 Å². The molecule has 0 spiro atoms. The number of carboxylic acids is 1. The molecule has 1 aliphatic heterocycles. The zero-order chi connectivity index (χ0) is 8.06. The molecule has 2 fully saturated rings. The van der Waals surface area contributed by atoms with Crippen LogP contribution in [0, 0.1) is 17.3 Å². The van der Waals surface area contributed by atoms with Crippen LogP contribution in [0.2, 0.25) is 0 Å². The standard InChI is InChI=1S/C8H13NO2/c1-8-2-6(8)5(7(10)11)3-9-4-8/h5-6,9H,2-4H2,1H3,(H,10,11). The number of fused-ring (bicyclic) bond motifs is 1. The van der Waals surface area contributed by atoms with E-state index in [4.69, 9.17) is 5.11 Å². The lowest BCUT2D eigenvalue weighted by Crippen LogP contribution is -2.39. The van der Waals surface area contributed by atoms with Gasteiger partial charge in [-0.25, -0.2) is 0 Å². The molecular formula is C8H13NO2. The zero-order valence-electron chi connectivity index (χ0n) is 6.63. The number of aliphatic carboxylic acids is 1. The fourth-order valence-corrected chi connectivity index (χ4v) is 2.19. The van der Waals surface area contributed by atoms with E-state index in [9.17, 15) is 4.79 Å². The Kier molecular flexibility index (Phi) is 1.27. The number of piperidine rings is 1. The number of hydrogen-bond donors (Lipinski definition) is 2. The van der Waals surface area contributed by atoms with E-state index in [2.05, 4.69) is 12.2 Å². The van der Waals surface area contributed by atoms with E-state index in [1.807, 2.05) is 0 Å². The van der Waals surface area contributed by atoms with Gasteiger partial charge in [0.05, 0.1) is 5.92 Å². The van der Waals surface area contributed by atoms with Crippen LogP contribution in [0.15, 0.2) is 0 Å². The average molecular weight is 155 g/mol.